The van der Waals surface area contributed by atoms with E-state index in [1.165, 1.54) is 0 Å². The van der Waals surface area contributed by atoms with E-state index < -0.39 is 10.4 Å². The van der Waals surface area contributed by atoms with Crippen molar-refractivity contribution in [3.05, 3.63) is 73.5 Å². The number of nitrogens with zero attached hydrogens (tertiary/aromatic N) is 1. The number of fused-ring (bicyclic) bond motifs is 1. The number of nitrogens with one attached hydrogen (secondary N) is 2. The van der Waals surface area contributed by atoms with Crippen LogP contribution in [0, 0.1) is 6.92 Å². The molecule has 0 saturated carbocycles. The van der Waals surface area contributed by atoms with Crippen LogP contribution >= 0.6 is 11.3 Å². The zero-order chi connectivity index (χ0) is 18.3. The molecule has 3 heterocycles. The van der Waals surface area contributed by atoms with Crippen LogP contribution in [0.2, 0.25) is 0 Å². The van der Waals surface area contributed by atoms with Gasteiger partial charge in [0.05, 0.1) is 23.1 Å². The van der Waals surface area contributed by atoms with E-state index in [0.717, 1.165) is 11.4 Å². The lowest BCUT2D eigenvalue weighted by Crippen LogP contribution is -2.25. The molecule has 8 heteroatoms. The minimum Gasteiger partial charge on any atom is -0.499 e. The number of aromatic hydroxyl groups is 1. The highest BCUT2D eigenvalue weighted by molar-refractivity contribution is 7.11. The number of aliphatic imine (C=N–C) groups is 1. The molecule has 1 aromatic carbocycles. The van der Waals surface area contributed by atoms with Gasteiger partial charge in [-0.1, -0.05) is 12.1 Å². The first kappa shape index (κ1) is 16.3. The van der Waals surface area contributed by atoms with Gasteiger partial charge < -0.3 is 14.8 Å². The lowest BCUT2D eigenvalue weighted by atomic mass is 10.0. The number of aromatic amines is 1. The van der Waals surface area contributed by atoms with Gasteiger partial charge in [0, 0.05) is 6.42 Å². The summed E-state index contributed by atoms with van der Waals surface area (Å²) in [5.74, 6) is 1.48. The number of furan rings is 1. The number of rotatable bonds is 2. The molecule has 1 aliphatic rings. The monoisotopic (exact) mass is 369 g/mol. The summed E-state index contributed by atoms with van der Waals surface area (Å²) in [5.41, 5.74) is 1.18. The Morgan fingerprint density at radius 3 is 2.77 bits per heavy atom. The van der Waals surface area contributed by atoms with Crippen molar-refractivity contribution in [3.8, 4) is 5.06 Å². The number of hydrogen-bond acceptors (Lipinski definition) is 7. The number of benzene rings is 1. The number of aryl methyl sites for hydroxylation is 1. The highest BCUT2D eigenvalue weighted by atomic mass is 32.1. The van der Waals surface area contributed by atoms with Crippen molar-refractivity contribution in [3.63, 3.8) is 0 Å². The number of anilines is 1. The maximum atomic E-state index is 12.3. The lowest BCUT2D eigenvalue weighted by Gasteiger charge is -2.16. The fourth-order valence-electron chi connectivity index (χ4n) is 2.96. The molecule has 0 saturated heterocycles. The van der Waals surface area contributed by atoms with E-state index in [9.17, 15) is 14.7 Å². The van der Waals surface area contributed by atoms with Crippen LogP contribution in [0.5, 0.6) is 5.06 Å². The molecular weight excluding hydrogens is 354 g/mol. The quantitative estimate of drug-likeness (QED) is 0.643. The van der Waals surface area contributed by atoms with Crippen LogP contribution in [0.1, 0.15) is 29.5 Å². The molecular formula is C18H15N3O4S. The summed E-state index contributed by atoms with van der Waals surface area (Å²) in [6, 6.07) is 10.9. The van der Waals surface area contributed by atoms with Crippen LogP contribution in [-0.4, -0.2) is 15.8 Å². The second kappa shape index (κ2) is 6.30. The van der Waals surface area contributed by atoms with E-state index >= 15 is 0 Å². The van der Waals surface area contributed by atoms with Crippen molar-refractivity contribution in [1.29, 1.82) is 0 Å². The first-order valence-electron chi connectivity index (χ1n) is 7.97. The van der Waals surface area contributed by atoms with E-state index in [0.29, 0.717) is 34.9 Å². The summed E-state index contributed by atoms with van der Waals surface area (Å²) in [6.45, 7) is 1.86. The standard InChI is InChI=1S/C18H15N3O4S/c1-9-6-7-14(25-9)12-8-13(15-16(22)21-18(24)26-17(15)23)20-11-5-3-2-4-10(11)19-12/h2-7,12,19,23H,8H2,1H3,(H,21,22,24)/t12-/m1/s1. The van der Waals surface area contributed by atoms with Crippen molar-refractivity contribution in [2.75, 3.05) is 5.32 Å². The first-order valence-corrected chi connectivity index (χ1v) is 8.79. The molecule has 1 atom stereocenters. The second-order valence-electron chi connectivity index (χ2n) is 5.95. The Morgan fingerprint density at radius 2 is 2.04 bits per heavy atom. The summed E-state index contributed by atoms with van der Waals surface area (Å²) in [7, 11) is 0. The number of aromatic nitrogens is 1. The molecule has 1 aliphatic heterocycles. The zero-order valence-electron chi connectivity index (χ0n) is 13.8. The van der Waals surface area contributed by atoms with E-state index in [4.69, 9.17) is 4.42 Å². The van der Waals surface area contributed by atoms with Crippen LogP contribution in [0.3, 0.4) is 0 Å². The third kappa shape index (κ3) is 2.95. The molecule has 7 nitrogen and oxygen atoms in total. The van der Waals surface area contributed by atoms with E-state index in [2.05, 4.69) is 15.3 Å². The Balaban J connectivity index is 1.89. The molecule has 0 unspecified atom stereocenters. The minimum atomic E-state index is -0.654. The van der Waals surface area contributed by atoms with Gasteiger partial charge in [0.1, 0.15) is 17.1 Å². The molecule has 0 bridgehead atoms. The predicted octanol–water partition coefficient (Wildman–Crippen LogP) is 3.08. The first-order chi connectivity index (χ1) is 12.5. The summed E-state index contributed by atoms with van der Waals surface area (Å²) >= 11 is 0.576. The molecule has 0 radical (unpaired) electrons. The van der Waals surface area contributed by atoms with E-state index in [1.807, 2.05) is 43.3 Å². The van der Waals surface area contributed by atoms with Crippen LogP contribution in [-0.2, 0) is 0 Å². The molecule has 4 rings (SSSR count). The van der Waals surface area contributed by atoms with Gasteiger partial charge >= 0.3 is 4.87 Å². The Bertz CT molecular complexity index is 1130. The Labute approximate surface area is 151 Å². The normalized spacial score (nSPS) is 16.3. The highest BCUT2D eigenvalue weighted by Gasteiger charge is 2.26. The SMILES string of the molecule is Cc1ccc([C@H]2CC(c3c(O)sc(=O)[nH]c3=O)=Nc3ccccc3N2)o1. The molecule has 0 amide bonds. The van der Waals surface area contributed by atoms with Crippen LogP contribution in [0.25, 0.3) is 0 Å². The highest BCUT2D eigenvalue weighted by Crippen LogP contribution is 2.36. The van der Waals surface area contributed by atoms with E-state index in [1.54, 1.807) is 0 Å². The minimum absolute atomic E-state index is 0.0152. The average molecular weight is 369 g/mol. The molecule has 26 heavy (non-hydrogen) atoms. The molecule has 0 aliphatic carbocycles. The maximum absolute atomic E-state index is 12.3. The third-order valence-electron chi connectivity index (χ3n) is 4.13. The van der Waals surface area contributed by atoms with Crippen molar-refractivity contribution in [1.82, 2.24) is 4.98 Å². The Morgan fingerprint density at radius 1 is 1.23 bits per heavy atom. The van der Waals surface area contributed by atoms with Gasteiger partial charge in [-0.2, -0.15) is 0 Å². The lowest BCUT2D eigenvalue weighted by molar-refractivity contribution is 0.460. The second-order valence-corrected chi connectivity index (χ2v) is 6.91. The topological polar surface area (TPSA) is 108 Å². The average Bonchev–Trinajstić information content (AvgIpc) is 2.92. The molecule has 132 valence electrons. The van der Waals surface area contributed by atoms with Crippen LogP contribution in [0.15, 0.2) is 55.4 Å². The van der Waals surface area contributed by atoms with Crippen molar-refractivity contribution in [2.24, 2.45) is 4.99 Å². The van der Waals surface area contributed by atoms with Gasteiger partial charge in [0.2, 0.25) is 0 Å². The molecule has 2 aromatic heterocycles. The van der Waals surface area contributed by atoms with Crippen molar-refractivity contribution >= 4 is 28.4 Å². The van der Waals surface area contributed by atoms with Gasteiger partial charge in [0.25, 0.3) is 5.56 Å². The third-order valence-corrected chi connectivity index (χ3v) is 4.81. The molecule has 3 aromatic rings. The van der Waals surface area contributed by atoms with Gasteiger partial charge in [-0.05, 0) is 42.5 Å². The summed E-state index contributed by atoms with van der Waals surface area (Å²) in [4.78, 5) is 29.9. The number of para-hydroxylation sites is 2. The smallest absolute Gasteiger partial charge is 0.310 e. The predicted molar refractivity (Wildman–Crippen MR) is 99.9 cm³/mol. The van der Waals surface area contributed by atoms with Crippen LogP contribution < -0.4 is 15.7 Å². The fourth-order valence-corrected chi connectivity index (χ4v) is 3.59. The maximum Gasteiger partial charge on any atom is 0.310 e. The summed E-state index contributed by atoms with van der Waals surface area (Å²) < 4.78 is 5.74. The fraction of sp³-hybridized carbons (Fsp3) is 0.167. The largest absolute Gasteiger partial charge is 0.499 e. The van der Waals surface area contributed by atoms with Crippen molar-refractivity contribution < 1.29 is 9.52 Å². The number of H-pyrrole nitrogens is 1. The Hall–Kier alpha value is -3.13. The number of hydrogen-bond donors (Lipinski definition) is 3. The molecule has 0 spiro atoms. The summed E-state index contributed by atoms with van der Waals surface area (Å²) in [5, 5.41) is 13.2. The van der Waals surface area contributed by atoms with E-state index in [-0.39, 0.29) is 16.7 Å². The van der Waals surface area contributed by atoms with Gasteiger partial charge in [-0.25, -0.2) is 0 Å². The molecule has 0 fully saturated rings. The van der Waals surface area contributed by atoms with Gasteiger partial charge in [-0.3, -0.25) is 19.6 Å². The zero-order valence-corrected chi connectivity index (χ0v) is 14.6. The van der Waals surface area contributed by atoms with Crippen LogP contribution in [0.4, 0.5) is 11.4 Å². The van der Waals surface area contributed by atoms with Gasteiger partial charge in [-0.15, -0.1) is 0 Å². The summed E-state index contributed by atoms with van der Waals surface area (Å²) in [6.07, 6.45) is 0.309. The Kier molecular flexibility index (Phi) is 3.96. The molecule has 3 N–H and O–H groups in total. The van der Waals surface area contributed by atoms with Crippen molar-refractivity contribution in [2.45, 2.75) is 19.4 Å². The van der Waals surface area contributed by atoms with Gasteiger partial charge in [0.15, 0.2) is 5.06 Å².